The number of ether oxygens (including phenoxy) is 1. The summed E-state index contributed by atoms with van der Waals surface area (Å²) in [6, 6.07) is 17.3. The second kappa shape index (κ2) is 8.23. The van der Waals surface area contributed by atoms with Gasteiger partial charge in [0.15, 0.2) is 0 Å². The molecule has 0 radical (unpaired) electrons. The SMILES string of the molecule is CCCN1C(=O)C(SCc2ccccc2)=C(c2ccccc2OC)C1=O. The van der Waals surface area contributed by atoms with Crippen molar-refractivity contribution in [2.24, 2.45) is 0 Å². The normalized spacial score (nSPS) is 14.3. The van der Waals surface area contributed by atoms with Crippen LogP contribution in [0.5, 0.6) is 5.75 Å². The van der Waals surface area contributed by atoms with Crippen molar-refractivity contribution >= 4 is 29.1 Å². The number of hydrogen-bond acceptors (Lipinski definition) is 4. The number of methoxy groups -OCH3 is 1. The molecule has 0 aromatic heterocycles. The van der Waals surface area contributed by atoms with Gasteiger partial charge in [-0.05, 0) is 18.1 Å². The zero-order valence-corrected chi connectivity index (χ0v) is 15.7. The molecule has 1 aliphatic heterocycles. The van der Waals surface area contributed by atoms with Crippen LogP contribution in [0.4, 0.5) is 0 Å². The lowest BCUT2D eigenvalue weighted by Crippen LogP contribution is -2.32. The van der Waals surface area contributed by atoms with E-state index in [-0.39, 0.29) is 11.8 Å². The fourth-order valence-electron chi connectivity index (χ4n) is 2.93. The van der Waals surface area contributed by atoms with Crippen LogP contribution in [-0.2, 0) is 15.3 Å². The molecule has 0 atom stereocenters. The molecular formula is C21H21NO3S. The first-order valence-corrected chi connectivity index (χ1v) is 9.56. The average molecular weight is 367 g/mol. The molecule has 2 aromatic carbocycles. The van der Waals surface area contributed by atoms with E-state index in [4.69, 9.17) is 4.74 Å². The predicted molar refractivity (Wildman–Crippen MR) is 105 cm³/mol. The van der Waals surface area contributed by atoms with E-state index in [0.717, 1.165) is 12.0 Å². The molecule has 0 saturated heterocycles. The fourth-order valence-corrected chi connectivity index (χ4v) is 4.01. The molecular weight excluding hydrogens is 346 g/mol. The number of carbonyl (C=O) groups excluding carboxylic acids is 2. The number of hydrogen-bond donors (Lipinski definition) is 0. The molecule has 1 aliphatic rings. The Morgan fingerprint density at radius 3 is 2.35 bits per heavy atom. The Balaban J connectivity index is 2.01. The van der Waals surface area contributed by atoms with Crippen LogP contribution in [0.1, 0.15) is 24.5 Å². The van der Waals surface area contributed by atoms with E-state index in [0.29, 0.717) is 34.1 Å². The van der Waals surface area contributed by atoms with Gasteiger partial charge in [-0.25, -0.2) is 0 Å². The van der Waals surface area contributed by atoms with Crippen molar-refractivity contribution in [2.45, 2.75) is 19.1 Å². The van der Waals surface area contributed by atoms with E-state index >= 15 is 0 Å². The molecule has 0 bridgehead atoms. The van der Waals surface area contributed by atoms with E-state index < -0.39 is 0 Å². The van der Waals surface area contributed by atoms with Crippen LogP contribution in [-0.4, -0.2) is 30.4 Å². The first kappa shape index (κ1) is 18.3. The van der Waals surface area contributed by atoms with Crippen LogP contribution in [0, 0.1) is 0 Å². The molecule has 0 saturated carbocycles. The summed E-state index contributed by atoms with van der Waals surface area (Å²) in [7, 11) is 1.57. The molecule has 0 aliphatic carbocycles. The zero-order chi connectivity index (χ0) is 18.5. The number of carbonyl (C=O) groups is 2. The molecule has 1 heterocycles. The Bertz CT molecular complexity index is 845. The van der Waals surface area contributed by atoms with Crippen LogP contribution in [0.2, 0.25) is 0 Å². The van der Waals surface area contributed by atoms with Gasteiger partial charge in [0, 0.05) is 17.9 Å². The number of amides is 2. The maximum Gasteiger partial charge on any atom is 0.267 e. The topological polar surface area (TPSA) is 46.6 Å². The van der Waals surface area contributed by atoms with Crippen molar-refractivity contribution in [1.82, 2.24) is 4.90 Å². The summed E-state index contributed by atoms with van der Waals surface area (Å²) in [5, 5.41) is 0. The zero-order valence-electron chi connectivity index (χ0n) is 14.9. The van der Waals surface area contributed by atoms with Gasteiger partial charge < -0.3 is 4.74 Å². The maximum absolute atomic E-state index is 13.0. The molecule has 0 fully saturated rings. The van der Waals surface area contributed by atoms with Gasteiger partial charge in [0.25, 0.3) is 11.8 Å². The molecule has 3 rings (SSSR count). The minimum Gasteiger partial charge on any atom is -0.496 e. The third-order valence-electron chi connectivity index (χ3n) is 4.17. The van der Waals surface area contributed by atoms with E-state index in [1.807, 2.05) is 61.5 Å². The van der Waals surface area contributed by atoms with Crippen LogP contribution in [0.25, 0.3) is 5.57 Å². The highest BCUT2D eigenvalue weighted by Crippen LogP contribution is 2.40. The van der Waals surface area contributed by atoms with Crippen molar-refractivity contribution in [2.75, 3.05) is 13.7 Å². The smallest absolute Gasteiger partial charge is 0.267 e. The van der Waals surface area contributed by atoms with Crippen LogP contribution in [0.15, 0.2) is 59.5 Å². The summed E-state index contributed by atoms with van der Waals surface area (Å²) in [5.41, 5.74) is 2.22. The van der Waals surface area contributed by atoms with Gasteiger partial charge in [0.05, 0.1) is 17.6 Å². The molecule has 0 N–H and O–H groups in total. The van der Waals surface area contributed by atoms with Gasteiger partial charge >= 0.3 is 0 Å². The van der Waals surface area contributed by atoms with E-state index in [1.54, 1.807) is 7.11 Å². The van der Waals surface area contributed by atoms with Gasteiger partial charge in [-0.15, -0.1) is 11.8 Å². The standard InChI is InChI=1S/C21H21NO3S/c1-3-13-22-20(23)18(16-11-7-8-12-17(16)25-2)19(21(22)24)26-14-15-9-5-4-6-10-15/h4-12H,3,13-14H2,1-2H3. The van der Waals surface area contributed by atoms with E-state index in [2.05, 4.69) is 0 Å². The summed E-state index contributed by atoms with van der Waals surface area (Å²) in [5.74, 6) is 0.781. The molecule has 0 unspecified atom stereocenters. The first-order chi connectivity index (χ1) is 12.7. The van der Waals surface area contributed by atoms with Crippen molar-refractivity contribution < 1.29 is 14.3 Å². The predicted octanol–water partition coefficient (Wildman–Crippen LogP) is 4.12. The number of nitrogens with zero attached hydrogens (tertiary/aromatic N) is 1. The molecule has 0 spiro atoms. The largest absolute Gasteiger partial charge is 0.496 e. The Kier molecular flexibility index (Phi) is 5.78. The van der Waals surface area contributed by atoms with Gasteiger partial charge in [0.1, 0.15) is 5.75 Å². The molecule has 2 amide bonds. The summed E-state index contributed by atoms with van der Waals surface area (Å²) in [6.45, 7) is 2.38. The number of benzene rings is 2. The lowest BCUT2D eigenvalue weighted by atomic mass is 10.1. The lowest BCUT2D eigenvalue weighted by Gasteiger charge is -2.14. The van der Waals surface area contributed by atoms with Crippen molar-refractivity contribution in [3.8, 4) is 5.75 Å². The minimum atomic E-state index is -0.239. The number of para-hydroxylation sites is 1. The third-order valence-corrected chi connectivity index (χ3v) is 5.32. The second-order valence-corrected chi connectivity index (χ2v) is 6.93. The van der Waals surface area contributed by atoms with E-state index in [9.17, 15) is 9.59 Å². The quantitative estimate of drug-likeness (QED) is 0.691. The maximum atomic E-state index is 13.0. The molecule has 4 nitrogen and oxygen atoms in total. The first-order valence-electron chi connectivity index (χ1n) is 8.58. The van der Waals surface area contributed by atoms with Gasteiger partial charge in [-0.3, -0.25) is 14.5 Å². The van der Waals surface area contributed by atoms with Crippen molar-refractivity contribution in [3.63, 3.8) is 0 Å². The summed E-state index contributed by atoms with van der Waals surface area (Å²) in [6.07, 6.45) is 0.729. The Labute approximate surface area is 157 Å². The van der Waals surface area contributed by atoms with E-state index in [1.165, 1.54) is 16.7 Å². The fraction of sp³-hybridized carbons (Fsp3) is 0.238. The Morgan fingerprint density at radius 1 is 0.962 bits per heavy atom. The number of rotatable bonds is 7. The van der Waals surface area contributed by atoms with Gasteiger partial charge in [-0.2, -0.15) is 0 Å². The highest BCUT2D eigenvalue weighted by Gasteiger charge is 2.39. The Hall–Kier alpha value is -2.53. The third kappa shape index (κ3) is 3.53. The monoisotopic (exact) mass is 367 g/mol. The highest BCUT2D eigenvalue weighted by molar-refractivity contribution is 8.03. The van der Waals surface area contributed by atoms with Crippen LogP contribution < -0.4 is 4.74 Å². The molecule has 26 heavy (non-hydrogen) atoms. The van der Waals surface area contributed by atoms with Gasteiger partial charge in [0.2, 0.25) is 0 Å². The summed E-state index contributed by atoms with van der Waals surface area (Å²) < 4.78 is 5.42. The average Bonchev–Trinajstić information content (AvgIpc) is 2.91. The van der Waals surface area contributed by atoms with Crippen LogP contribution in [0.3, 0.4) is 0 Å². The van der Waals surface area contributed by atoms with Gasteiger partial charge in [-0.1, -0.05) is 55.5 Å². The summed E-state index contributed by atoms with van der Waals surface area (Å²) in [4.78, 5) is 27.7. The molecule has 5 heteroatoms. The molecule has 134 valence electrons. The number of imide groups is 1. The molecule has 2 aromatic rings. The van der Waals surface area contributed by atoms with Crippen molar-refractivity contribution in [1.29, 1.82) is 0 Å². The van der Waals surface area contributed by atoms with Crippen LogP contribution >= 0.6 is 11.8 Å². The van der Waals surface area contributed by atoms with Crippen molar-refractivity contribution in [3.05, 3.63) is 70.6 Å². The summed E-state index contributed by atoms with van der Waals surface area (Å²) >= 11 is 1.41. The lowest BCUT2D eigenvalue weighted by molar-refractivity contribution is -0.136. The number of thioether (sulfide) groups is 1. The highest BCUT2D eigenvalue weighted by atomic mass is 32.2. The second-order valence-electron chi connectivity index (χ2n) is 5.94. The minimum absolute atomic E-state index is 0.210. The Morgan fingerprint density at radius 2 is 1.65 bits per heavy atom.